The first-order chi connectivity index (χ1) is 8.72. The summed E-state index contributed by atoms with van der Waals surface area (Å²) >= 11 is 3.54. The third-order valence-corrected chi connectivity index (χ3v) is 4.41. The number of rotatable bonds is 4. The Hall–Kier alpha value is -0.540. The molecule has 1 heterocycles. The van der Waals surface area contributed by atoms with Crippen LogP contribution in [0.1, 0.15) is 31.7 Å². The Labute approximate surface area is 118 Å². The van der Waals surface area contributed by atoms with Crippen LogP contribution in [0.25, 0.3) is 0 Å². The van der Waals surface area contributed by atoms with E-state index in [-0.39, 0.29) is 0 Å². The number of piperidine rings is 1. The fourth-order valence-corrected chi connectivity index (χ4v) is 3.07. The summed E-state index contributed by atoms with van der Waals surface area (Å²) in [6, 6.07) is 6.24. The number of ether oxygens (including phenoxy) is 1. The molecule has 0 aliphatic carbocycles. The maximum atomic E-state index is 5.44. The van der Waals surface area contributed by atoms with Gasteiger partial charge in [0, 0.05) is 16.6 Å². The van der Waals surface area contributed by atoms with Crippen LogP contribution in [0.3, 0.4) is 0 Å². The molecule has 0 spiro atoms. The first-order valence-corrected chi connectivity index (χ1v) is 7.57. The Balaban J connectivity index is 1.99. The molecule has 0 N–H and O–H groups in total. The molecule has 1 aliphatic rings. The Bertz CT molecular complexity index is 386. The number of nitrogens with zero attached hydrogens (tertiary/aromatic N) is 1. The molecule has 100 valence electrons. The molecule has 0 unspecified atom stereocenters. The van der Waals surface area contributed by atoms with Crippen molar-refractivity contribution < 1.29 is 4.74 Å². The molecule has 0 aromatic heterocycles. The van der Waals surface area contributed by atoms with Crippen molar-refractivity contribution in [1.29, 1.82) is 0 Å². The second-order valence-electron chi connectivity index (χ2n) is 5.08. The lowest BCUT2D eigenvalue weighted by Crippen LogP contribution is -2.33. The molecule has 0 saturated carbocycles. The molecule has 3 heteroatoms. The van der Waals surface area contributed by atoms with E-state index >= 15 is 0 Å². The minimum atomic E-state index is 0.936. The lowest BCUT2D eigenvalue weighted by Gasteiger charge is -2.31. The summed E-state index contributed by atoms with van der Waals surface area (Å²) in [6.07, 6.45) is 4.01. The number of methoxy groups -OCH3 is 1. The highest BCUT2D eigenvalue weighted by Crippen LogP contribution is 2.27. The normalized spacial score (nSPS) is 17.9. The van der Waals surface area contributed by atoms with Crippen molar-refractivity contribution in [2.45, 2.75) is 32.7 Å². The van der Waals surface area contributed by atoms with Crippen LogP contribution in [0.15, 0.2) is 22.7 Å². The number of hydrogen-bond acceptors (Lipinski definition) is 2. The zero-order valence-corrected chi connectivity index (χ0v) is 12.9. The summed E-state index contributed by atoms with van der Waals surface area (Å²) in [4.78, 5) is 2.54. The predicted molar refractivity (Wildman–Crippen MR) is 79.0 cm³/mol. The van der Waals surface area contributed by atoms with Gasteiger partial charge in [-0.1, -0.05) is 29.3 Å². The fraction of sp³-hybridized carbons (Fsp3) is 0.600. The lowest BCUT2D eigenvalue weighted by atomic mass is 9.94. The molecule has 2 rings (SSSR count). The van der Waals surface area contributed by atoms with E-state index in [1.165, 1.54) is 37.9 Å². The average Bonchev–Trinajstić information content (AvgIpc) is 2.40. The third-order valence-electron chi connectivity index (χ3n) is 3.92. The molecule has 0 radical (unpaired) electrons. The molecule has 1 aromatic carbocycles. The first kappa shape index (κ1) is 13.9. The van der Waals surface area contributed by atoms with E-state index in [1.807, 2.05) is 12.1 Å². The minimum Gasteiger partial charge on any atom is -0.496 e. The van der Waals surface area contributed by atoms with Gasteiger partial charge in [-0.05, 0) is 50.0 Å². The van der Waals surface area contributed by atoms with Gasteiger partial charge in [-0.3, -0.25) is 4.90 Å². The van der Waals surface area contributed by atoms with Gasteiger partial charge in [-0.15, -0.1) is 0 Å². The quantitative estimate of drug-likeness (QED) is 0.830. The predicted octanol–water partition coefficient (Wildman–Crippen LogP) is 4.08. The molecule has 0 bridgehead atoms. The number of benzene rings is 1. The van der Waals surface area contributed by atoms with Gasteiger partial charge in [0.25, 0.3) is 0 Å². The zero-order chi connectivity index (χ0) is 13.0. The summed E-state index contributed by atoms with van der Waals surface area (Å²) in [7, 11) is 1.75. The number of halogens is 1. The van der Waals surface area contributed by atoms with E-state index in [4.69, 9.17) is 4.74 Å². The van der Waals surface area contributed by atoms with Crippen LogP contribution in [0.4, 0.5) is 0 Å². The second kappa shape index (κ2) is 6.58. The highest BCUT2D eigenvalue weighted by atomic mass is 79.9. The molecule has 1 aromatic rings. The highest BCUT2D eigenvalue weighted by Gasteiger charge is 2.18. The topological polar surface area (TPSA) is 12.5 Å². The number of hydrogen-bond donors (Lipinski definition) is 0. The Kier molecular flexibility index (Phi) is 5.07. The maximum Gasteiger partial charge on any atom is 0.123 e. The molecule has 1 fully saturated rings. The molecule has 0 atom stereocenters. The molecule has 18 heavy (non-hydrogen) atoms. The van der Waals surface area contributed by atoms with Gasteiger partial charge in [-0.25, -0.2) is 0 Å². The van der Waals surface area contributed by atoms with E-state index in [0.717, 1.165) is 22.7 Å². The van der Waals surface area contributed by atoms with Gasteiger partial charge in [-0.2, -0.15) is 0 Å². The van der Waals surface area contributed by atoms with Gasteiger partial charge in [0.15, 0.2) is 0 Å². The van der Waals surface area contributed by atoms with Crippen LogP contribution in [0, 0.1) is 5.92 Å². The van der Waals surface area contributed by atoms with Crippen molar-refractivity contribution in [3.63, 3.8) is 0 Å². The molecule has 1 aliphatic heterocycles. The largest absolute Gasteiger partial charge is 0.496 e. The SMILES string of the molecule is CCC1CCN(Cc2cc(Br)ccc2OC)CC1. The van der Waals surface area contributed by atoms with Gasteiger partial charge in [0.05, 0.1) is 7.11 Å². The van der Waals surface area contributed by atoms with Crippen LogP contribution in [0.5, 0.6) is 5.75 Å². The van der Waals surface area contributed by atoms with Gasteiger partial charge in [0.1, 0.15) is 5.75 Å². The summed E-state index contributed by atoms with van der Waals surface area (Å²) in [6.45, 7) is 5.74. The van der Waals surface area contributed by atoms with Gasteiger partial charge in [0.2, 0.25) is 0 Å². The van der Waals surface area contributed by atoms with E-state index in [0.29, 0.717) is 0 Å². The van der Waals surface area contributed by atoms with Crippen LogP contribution < -0.4 is 4.74 Å². The van der Waals surface area contributed by atoms with E-state index in [2.05, 4.69) is 33.8 Å². The van der Waals surface area contributed by atoms with Crippen LogP contribution >= 0.6 is 15.9 Å². The minimum absolute atomic E-state index is 0.936. The average molecular weight is 312 g/mol. The van der Waals surface area contributed by atoms with Crippen LogP contribution in [-0.4, -0.2) is 25.1 Å². The fourth-order valence-electron chi connectivity index (χ4n) is 2.66. The Morgan fingerprint density at radius 2 is 2.06 bits per heavy atom. The smallest absolute Gasteiger partial charge is 0.123 e. The Morgan fingerprint density at radius 3 is 2.67 bits per heavy atom. The molecular formula is C15H22BrNO. The highest BCUT2D eigenvalue weighted by molar-refractivity contribution is 9.10. The van der Waals surface area contributed by atoms with Gasteiger partial charge >= 0.3 is 0 Å². The Morgan fingerprint density at radius 1 is 1.33 bits per heavy atom. The van der Waals surface area contributed by atoms with Crippen LogP contribution in [-0.2, 0) is 6.54 Å². The molecule has 1 saturated heterocycles. The van der Waals surface area contributed by atoms with E-state index < -0.39 is 0 Å². The summed E-state index contributed by atoms with van der Waals surface area (Å²) in [5.74, 6) is 1.93. The van der Waals surface area contributed by atoms with Crippen molar-refractivity contribution in [2.24, 2.45) is 5.92 Å². The van der Waals surface area contributed by atoms with Crippen molar-refractivity contribution >= 4 is 15.9 Å². The second-order valence-corrected chi connectivity index (χ2v) is 6.00. The lowest BCUT2D eigenvalue weighted by molar-refractivity contribution is 0.173. The summed E-state index contributed by atoms with van der Waals surface area (Å²) in [5.41, 5.74) is 1.28. The molecular weight excluding hydrogens is 290 g/mol. The van der Waals surface area contributed by atoms with Crippen molar-refractivity contribution in [3.8, 4) is 5.75 Å². The summed E-state index contributed by atoms with van der Waals surface area (Å²) < 4.78 is 6.56. The molecule has 0 amide bonds. The van der Waals surface area contributed by atoms with Crippen molar-refractivity contribution in [2.75, 3.05) is 20.2 Å². The van der Waals surface area contributed by atoms with E-state index in [9.17, 15) is 0 Å². The van der Waals surface area contributed by atoms with Crippen LogP contribution in [0.2, 0.25) is 0 Å². The maximum absolute atomic E-state index is 5.44. The zero-order valence-electron chi connectivity index (χ0n) is 11.3. The van der Waals surface area contributed by atoms with Crippen molar-refractivity contribution in [3.05, 3.63) is 28.2 Å². The molecule has 2 nitrogen and oxygen atoms in total. The number of likely N-dealkylation sites (tertiary alicyclic amines) is 1. The first-order valence-electron chi connectivity index (χ1n) is 6.77. The van der Waals surface area contributed by atoms with Gasteiger partial charge < -0.3 is 4.74 Å². The third kappa shape index (κ3) is 3.48. The van der Waals surface area contributed by atoms with Crippen molar-refractivity contribution in [1.82, 2.24) is 4.90 Å². The standard InChI is InChI=1S/C15H22BrNO/c1-3-12-6-8-17(9-7-12)11-13-10-14(16)4-5-15(13)18-2/h4-5,10,12H,3,6-9,11H2,1-2H3. The summed E-state index contributed by atoms with van der Waals surface area (Å²) in [5, 5.41) is 0. The monoisotopic (exact) mass is 311 g/mol. The van der Waals surface area contributed by atoms with E-state index in [1.54, 1.807) is 7.11 Å².